The van der Waals surface area contributed by atoms with Crippen LogP contribution in [0.4, 0.5) is 0 Å². The highest BCUT2D eigenvalue weighted by atomic mass is 79.9. The Kier molecular flexibility index (Phi) is 5.25. The van der Waals surface area contributed by atoms with E-state index in [0.717, 1.165) is 32.6 Å². The number of hydrogen-bond acceptors (Lipinski definition) is 2. The second kappa shape index (κ2) is 6.01. The van der Waals surface area contributed by atoms with Crippen LogP contribution < -0.4 is 5.32 Å². The lowest BCUT2D eigenvalue weighted by atomic mass is 9.82. The fourth-order valence-electron chi connectivity index (χ4n) is 1.74. The minimum Gasteiger partial charge on any atom is -0.381 e. The van der Waals surface area contributed by atoms with Crippen LogP contribution in [0.25, 0.3) is 0 Å². The van der Waals surface area contributed by atoms with Crippen molar-refractivity contribution in [3.8, 4) is 0 Å². The predicted molar refractivity (Wildman–Crippen MR) is 68.7 cm³/mol. The van der Waals surface area contributed by atoms with E-state index in [9.17, 15) is 4.79 Å². The molecule has 0 radical (unpaired) electrons. The van der Waals surface area contributed by atoms with E-state index in [4.69, 9.17) is 4.74 Å². The van der Waals surface area contributed by atoms with Crippen molar-refractivity contribution in [1.82, 2.24) is 5.32 Å². The van der Waals surface area contributed by atoms with Gasteiger partial charge in [0.25, 0.3) is 0 Å². The molecule has 1 unspecified atom stereocenters. The molecule has 16 heavy (non-hydrogen) atoms. The number of hydrogen-bond donors (Lipinski definition) is 1. The molecule has 1 saturated heterocycles. The highest BCUT2D eigenvalue weighted by molar-refractivity contribution is 9.10. The van der Waals surface area contributed by atoms with Crippen molar-refractivity contribution in [3.63, 3.8) is 0 Å². The van der Waals surface area contributed by atoms with Gasteiger partial charge in [-0.05, 0) is 24.2 Å². The van der Waals surface area contributed by atoms with Crippen LogP contribution in [0, 0.1) is 11.3 Å². The van der Waals surface area contributed by atoms with Crippen LogP contribution >= 0.6 is 15.9 Å². The van der Waals surface area contributed by atoms with Gasteiger partial charge >= 0.3 is 0 Å². The maximum atomic E-state index is 11.8. The molecular weight excluding hydrogens is 270 g/mol. The third kappa shape index (κ3) is 4.06. The van der Waals surface area contributed by atoms with E-state index in [2.05, 4.69) is 28.2 Å². The van der Waals surface area contributed by atoms with Crippen LogP contribution in [0.1, 0.15) is 33.6 Å². The molecule has 1 rings (SSSR count). The van der Waals surface area contributed by atoms with Gasteiger partial charge in [-0.25, -0.2) is 0 Å². The molecule has 0 spiro atoms. The van der Waals surface area contributed by atoms with Crippen molar-refractivity contribution < 1.29 is 9.53 Å². The minimum absolute atomic E-state index is 0.0871. The molecule has 1 heterocycles. The predicted octanol–water partition coefficient (Wildman–Crippen LogP) is 2.34. The first-order chi connectivity index (χ1) is 7.44. The van der Waals surface area contributed by atoms with E-state index in [-0.39, 0.29) is 16.1 Å². The van der Waals surface area contributed by atoms with E-state index < -0.39 is 0 Å². The topological polar surface area (TPSA) is 38.3 Å². The highest BCUT2D eigenvalue weighted by Crippen LogP contribution is 2.28. The number of ether oxygens (including phenoxy) is 1. The fraction of sp³-hybridized carbons (Fsp3) is 0.917. The molecule has 0 bridgehead atoms. The first kappa shape index (κ1) is 14.0. The lowest BCUT2D eigenvalue weighted by Gasteiger charge is -2.34. The molecule has 3 nitrogen and oxygen atoms in total. The largest absolute Gasteiger partial charge is 0.381 e. The number of nitrogens with one attached hydrogen (secondary N) is 1. The van der Waals surface area contributed by atoms with Crippen molar-refractivity contribution in [2.45, 2.75) is 38.4 Å². The maximum Gasteiger partial charge on any atom is 0.234 e. The second-order valence-corrected chi connectivity index (χ2v) is 6.27. The van der Waals surface area contributed by atoms with Crippen LogP contribution in [-0.4, -0.2) is 30.5 Å². The van der Waals surface area contributed by atoms with Crippen LogP contribution in [-0.2, 0) is 9.53 Å². The molecular formula is C12H22BrNO2. The summed E-state index contributed by atoms with van der Waals surface area (Å²) >= 11 is 3.41. The number of carbonyl (C=O) groups is 1. The standard InChI is InChI=1S/C12H22BrNO2/c1-9(2)10(13)11(15)14-8-12(3)4-6-16-7-5-12/h9-10H,4-8H2,1-3H3,(H,14,15). The summed E-state index contributed by atoms with van der Waals surface area (Å²) in [6, 6.07) is 0. The van der Waals surface area contributed by atoms with Gasteiger partial charge in [-0.2, -0.15) is 0 Å². The minimum atomic E-state index is -0.0871. The van der Waals surface area contributed by atoms with Crippen LogP contribution in [0.5, 0.6) is 0 Å². The molecule has 0 aromatic carbocycles. The number of carbonyl (C=O) groups excluding carboxylic acids is 1. The summed E-state index contributed by atoms with van der Waals surface area (Å²) in [5, 5.41) is 3.03. The zero-order chi connectivity index (χ0) is 12.2. The number of amides is 1. The van der Waals surface area contributed by atoms with Gasteiger partial charge in [0.15, 0.2) is 0 Å². The smallest absolute Gasteiger partial charge is 0.234 e. The van der Waals surface area contributed by atoms with Crippen molar-refractivity contribution in [2.75, 3.05) is 19.8 Å². The summed E-state index contributed by atoms with van der Waals surface area (Å²) in [6.07, 6.45) is 2.06. The van der Waals surface area contributed by atoms with E-state index >= 15 is 0 Å². The average molecular weight is 292 g/mol. The molecule has 1 aliphatic rings. The summed E-state index contributed by atoms with van der Waals surface area (Å²) in [6.45, 7) is 8.67. The van der Waals surface area contributed by atoms with Gasteiger partial charge in [0.2, 0.25) is 5.91 Å². The molecule has 0 aliphatic carbocycles. The van der Waals surface area contributed by atoms with Gasteiger partial charge in [-0.15, -0.1) is 0 Å². The van der Waals surface area contributed by atoms with Gasteiger partial charge in [0.05, 0.1) is 4.83 Å². The van der Waals surface area contributed by atoms with Crippen LogP contribution in [0.3, 0.4) is 0 Å². The Morgan fingerprint density at radius 3 is 2.50 bits per heavy atom. The first-order valence-corrected chi connectivity index (χ1v) is 6.86. The van der Waals surface area contributed by atoms with Crippen molar-refractivity contribution >= 4 is 21.8 Å². The Hall–Kier alpha value is -0.0900. The summed E-state index contributed by atoms with van der Waals surface area (Å²) in [5.74, 6) is 0.421. The summed E-state index contributed by atoms with van der Waals surface area (Å²) in [4.78, 5) is 11.7. The monoisotopic (exact) mass is 291 g/mol. The normalized spacial score (nSPS) is 21.8. The molecule has 0 aromatic rings. The van der Waals surface area contributed by atoms with Crippen LogP contribution in [0.15, 0.2) is 0 Å². The van der Waals surface area contributed by atoms with Crippen molar-refractivity contribution in [1.29, 1.82) is 0 Å². The van der Waals surface area contributed by atoms with Crippen molar-refractivity contribution in [3.05, 3.63) is 0 Å². The molecule has 94 valence electrons. The molecule has 1 amide bonds. The third-order valence-corrected chi connectivity index (χ3v) is 4.70. The molecule has 0 aromatic heterocycles. The molecule has 0 saturated carbocycles. The summed E-state index contributed by atoms with van der Waals surface area (Å²) in [7, 11) is 0. The zero-order valence-electron chi connectivity index (χ0n) is 10.4. The fourth-order valence-corrected chi connectivity index (χ4v) is 1.90. The number of halogens is 1. The molecule has 1 atom stereocenters. The van der Waals surface area contributed by atoms with E-state index in [1.807, 2.05) is 13.8 Å². The van der Waals surface area contributed by atoms with Gasteiger partial charge < -0.3 is 10.1 Å². The van der Waals surface area contributed by atoms with Gasteiger partial charge in [-0.1, -0.05) is 36.7 Å². The Balaban J connectivity index is 2.35. The van der Waals surface area contributed by atoms with E-state index in [1.165, 1.54) is 0 Å². The molecule has 1 aliphatic heterocycles. The third-order valence-electron chi connectivity index (χ3n) is 3.23. The average Bonchev–Trinajstić information content (AvgIpc) is 2.26. The SMILES string of the molecule is CC(C)C(Br)C(=O)NCC1(C)CCOCC1. The Morgan fingerprint density at radius 1 is 1.44 bits per heavy atom. The van der Waals surface area contributed by atoms with Crippen LogP contribution in [0.2, 0.25) is 0 Å². The Morgan fingerprint density at radius 2 is 2.00 bits per heavy atom. The number of rotatable bonds is 4. The zero-order valence-corrected chi connectivity index (χ0v) is 12.0. The molecule has 1 fully saturated rings. The van der Waals surface area contributed by atoms with Gasteiger partial charge in [-0.3, -0.25) is 4.79 Å². The Bertz CT molecular complexity index is 237. The second-order valence-electron chi connectivity index (χ2n) is 5.29. The summed E-state index contributed by atoms with van der Waals surface area (Å²) < 4.78 is 5.34. The highest BCUT2D eigenvalue weighted by Gasteiger charge is 2.29. The lowest BCUT2D eigenvalue weighted by molar-refractivity contribution is -0.121. The van der Waals surface area contributed by atoms with Crippen molar-refractivity contribution in [2.24, 2.45) is 11.3 Å². The first-order valence-electron chi connectivity index (χ1n) is 5.94. The lowest BCUT2D eigenvalue weighted by Crippen LogP contribution is -2.42. The van der Waals surface area contributed by atoms with E-state index in [1.54, 1.807) is 0 Å². The number of alkyl halides is 1. The maximum absolute atomic E-state index is 11.8. The molecule has 1 N–H and O–H groups in total. The van der Waals surface area contributed by atoms with Gasteiger partial charge in [0.1, 0.15) is 0 Å². The quantitative estimate of drug-likeness (QED) is 0.808. The Labute approximate surface area is 106 Å². The van der Waals surface area contributed by atoms with Gasteiger partial charge in [0, 0.05) is 19.8 Å². The van der Waals surface area contributed by atoms with E-state index in [0.29, 0.717) is 5.92 Å². The summed E-state index contributed by atoms with van der Waals surface area (Å²) in [5.41, 5.74) is 0.206. The molecule has 4 heteroatoms.